The predicted octanol–water partition coefficient (Wildman–Crippen LogP) is 3.80. The van der Waals surface area contributed by atoms with Gasteiger partial charge in [0.2, 0.25) is 0 Å². The maximum Gasteiger partial charge on any atom is 0.322 e. The van der Waals surface area contributed by atoms with E-state index in [4.69, 9.17) is 18.6 Å². The van der Waals surface area contributed by atoms with Gasteiger partial charge in [-0.1, -0.05) is 110 Å². The molecule has 0 amide bonds. The Kier molecular flexibility index (Phi) is 6.99. The third-order valence-electron chi connectivity index (χ3n) is 6.63. The summed E-state index contributed by atoms with van der Waals surface area (Å²) < 4.78 is 23.5. The lowest BCUT2D eigenvalue weighted by Crippen LogP contribution is -2.71. The first-order valence-electron chi connectivity index (χ1n) is 11.2. The highest BCUT2D eigenvalue weighted by molar-refractivity contribution is 9.09. The molecule has 176 valence electrons. The lowest BCUT2D eigenvalue weighted by Gasteiger charge is -2.52. The Morgan fingerprint density at radius 2 is 1.61 bits per heavy atom. The molecule has 0 saturated carbocycles. The van der Waals surface area contributed by atoms with Crippen LogP contribution in [0.1, 0.15) is 20.8 Å². The molecule has 1 fully saturated rings. The van der Waals surface area contributed by atoms with E-state index >= 15 is 0 Å². The van der Waals surface area contributed by atoms with Gasteiger partial charge >= 0.3 is 5.97 Å². The van der Waals surface area contributed by atoms with Gasteiger partial charge in [-0.3, -0.25) is 4.79 Å². The number of ether oxygens (including phenoxy) is 3. The lowest BCUT2D eigenvalue weighted by atomic mass is 9.72. The molecule has 5 nitrogen and oxygen atoms in total. The summed E-state index contributed by atoms with van der Waals surface area (Å²) in [6, 6.07) is 20.9. The first kappa shape index (κ1) is 24.4. The van der Waals surface area contributed by atoms with Gasteiger partial charge in [-0.05, 0) is 15.4 Å². The molecule has 4 atom stereocenters. The minimum Gasteiger partial charge on any atom is -0.459 e. The van der Waals surface area contributed by atoms with E-state index < -0.39 is 13.7 Å². The van der Waals surface area contributed by atoms with Crippen LogP contribution in [0.2, 0.25) is 5.04 Å². The van der Waals surface area contributed by atoms with Gasteiger partial charge in [-0.15, -0.1) is 0 Å². The van der Waals surface area contributed by atoms with E-state index in [0.29, 0.717) is 0 Å². The van der Waals surface area contributed by atoms with Crippen LogP contribution in [-0.2, 0) is 23.4 Å². The number of hydrogen-bond donors (Lipinski definition) is 0. The van der Waals surface area contributed by atoms with Gasteiger partial charge in [0.15, 0.2) is 0 Å². The monoisotopic (exact) mass is 530 g/mol. The number of rotatable bonds is 8. The Hall–Kier alpha value is -1.77. The number of benzene rings is 2. The fourth-order valence-electron chi connectivity index (χ4n) is 4.92. The first-order valence-corrected chi connectivity index (χ1v) is 14.0. The molecule has 33 heavy (non-hydrogen) atoms. The van der Waals surface area contributed by atoms with E-state index in [2.05, 4.69) is 85.2 Å². The number of carbonyl (C=O) groups is 1. The molecule has 0 unspecified atom stereocenters. The molecular formula is C26H31BrO5Si. The Balaban J connectivity index is 1.73. The standard InChI is InChI=1S/C26H31BrO5Si/c1-25(2,3)33(19-11-7-5-8-12-19,20-13-9-6-10-14-20)31-17-26-16-15-21(30-18-29-4)22(27)23(26)32-24(26)28/h5-16,21-23H,17-18H2,1-4H3/t21-,22+,23-,26-/m1/s1. The Labute approximate surface area is 205 Å². The molecule has 0 bridgehead atoms. The highest BCUT2D eigenvalue weighted by atomic mass is 79.9. The molecule has 0 radical (unpaired) electrons. The number of methoxy groups -OCH3 is 1. The van der Waals surface area contributed by atoms with Gasteiger partial charge in [-0.25, -0.2) is 0 Å². The van der Waals surface area contributed by atoms with Crippen molar-refractivity contribution in [1.82, 2.24) is 0 Å². The van der Waals surface area contributed by atoms with Crippen molar-refractivity contribution in [3.8, 4) is 0 Å². The number of fused-ring (bicyclic) bond motifs is 1. The topological polar surface area (TPSA) is 54.0 Å². The Bertz CT molecular complexity index is 951. The summed E-state index contributed by atoms with van der Waals surface area (Å²) in [6.45, 7) is 7.10. The third kappa shape index (κ3) is 4.14. The quantitative estimate of drug-likeness (QED) is 0.171. The molecule has 1 aliphatic carbocycles. The van der Waals surface area contributed by atoms with Crippen molar-refractivity contribution in [3.05, 3.63) is 72.8 Å². The number of esters is 1. The van der Waals surface area contributed by atoms with Gasteiger partial charge in [0.25, 0.3) is 8.32 Å². The Morgan fingerprint density at radius 1 is 1.03 bits per heavy atom. The maximum atomic E-state index is 12.9. The Morgan fingerprint density at radius 3 is 2.09 bits per heavy atom. The summed E-state index contributed by atoms with van der Waals surface area (Å²) in [5.74, 6) is -0.253. The smallest absolute Gasteiger partial charge is 0.322 e. The van der Waals surface area contributed by atoms with Gasteiger partial charge in [0, 0.05) is 7.11 Å². The molecule has 4 rings (SSSR count). The van der Waals surface area contributed by atoms with Crippen molar-refractivity contribution in [2.75, 3.05) is 20.5 Å². The molecular weight excluding hydrogens is 500 g/mol. The van der Waals surface area contributed by atoms with Crippen molar-refractivity contribution < 1.29 is 23.4 Å². The van der Waals surface area contributed by atoms with E-state index in [0.717, 1.165) is 0 Å². The second-order valence-electron chi connectivity index (χ2n) is 9.66. The second kappa shape index (κ2) is 9.47. The highest BCUT2D eigenvalue weighted by Crippen LogP contribution is 2.48. The van der Waals surface area contributed by atoms with Gasteiger partial charge in [0.1, 0.15) is 18.3 Å². The van der Waals surface area contributed by atoms with Crippen LogP contribution in [0.5, 0.6) is 0 Å². The maximum absolute atomic E-state index is 12.9. The largest absolute Gasteiger partial charge is 0.459 e. The zero-order valence-electron chi connectivity index (χ0n) is 19.5. The molecule has 1 aliphatic heterocycles. The predicted molar refractivity (Wildman–Crippen MR) is 134 cm³/mol. The minimum atomic E-state index is -2.77. The second-order valence-corrected chi connectivity index (χ2v) is 15.0. The molecule has 1 heterocycles. The van der Waals surface area contributed by atoms with Crippen LogP contribution in [0.3, 0.4) is 0 Å². The third-order valence-corrected chi connectivity index (χ3v) is 12.6. The van der Waals surface area contributed by atoms with E-state index in [1.54, 1.807) is 7.11 Å². The molecule has 2 aromatic rings. The van der Waals surface area contributed by atoms with Crippen LogP contribution >= 0.6 is 15.9 Å². The van der Waals surface area contributed by atoms with Gasteiger partial charge in [0.05, 0.1) is 17.5 Å². The van der Waals surface area contributed by atoms with E-state index in [9.17, 15) is 4.79 Å². The van der Waals surface area contributed by atoms with E-state index in [1.807, 2.05) is 24.3 Å². The fraction of sp³-hybridized carbons (Fsp3) is 0.423. The average Bonchev–Trinajstić information content (AvgIpc) is 2.81. The summed E-state index contributed by atoms with van der Waals surface area (Å²) in [6.07, 6.45) is 3.22. The zero-order chi connectivity index (χ0) is 23.7. The van der Waals surface area contributed by atoms with Crippen LogP contribution < -0.4 is 10.4 Å². The molecule has 7 heteroatoms. The molecule has 0 aromatic heterocycles. The molecule has 1 saturated heterocycles. The van der Waals surface area contributed by atoms with Crippen LogP contribution in [0.25, 0.3) is 0 Å². The summed E-state index contributed by atoms with van der Waals surface area (Å²) in [7, 11) is -1.19. The first-order chi connectivity index (χ1) is 15.8. The van der Waals surface area contributed by atoms with Crippen LogP contribution in [0.4, 0.5) is 0 Å². The molecule has 2 aliphatic rings. The summed E-state index contributed by atoms with van der Waals surface area (Å²) >= 11 is 3.70. The number of hydrogen-bond acceptors (Lipinski definition) is 5. The highest BCUT2D eigenvalue weighted by Gasteiger charge is 2.64. The number of carbonyl (C=O) groups excluding carboxylic acids is 1. The molecule has 0 N–H and O–H groups in total. The van der Waals surface area contributed by atoms with Gasteiger partial charge < -0.3 is 18.6 Å². The van der Waals surface area contributed by atoms with Crippen LogP contribution in [-0.4, -0.2) is 51.8 Å². The van der Waals surface area contributed by atoms with Crippen LogP contribution in [0, 0.1) is 5.41 Å². The minimum absolute atomic E-state index is 0.170. The number of alkyl halides is 1. The lowest BCUT2D eigenvalue weighted by molar-refractivity contribution is -0.208. The van der Waals surface area contributed by atoms with Gasteiger partial charge in [-0.2, -0.15) is 0 Å². The zero-order valence-corrected chi connectivity index (χ0v) is 22.1. The van der Waals surface area contributed by atoms with Crippen molar-refractivity contribution in [2.24, 2.45) is 5.41 Å². The summed E-state index contributed by atoms with van der Waals surface area (Å²) in [5.41, 5.74) is -0.839. The SMILES string of the molecule is COCO[C@@H]1C=C[C@]2(CO[Si](c3ccccc3)(c3ccccc3)C(C)(C)C)C(=O)O[C@@H]2[C@H]1Br. The summed E-state index contributed by atoms with van der Waals surface area (Å²) in [4.78, 5) is 12.7. The van der Waals surface area contributed by atoms with Crippen molar-refractivity contribution >= 4 is 40.6 Å². The van der Waals surface area contributed by atoms with Crippen molar-refractivity contribution in [3.63, 3.8) is 0 Å². The van der Waals surface area contributed by atoms with Crippen LogP contribution in [0.15, 0.2) is 72.8 Å². The fourth-order valence-corrected chi connectivity index (χ4v) is 10.4. The summed E-state index contributed by atoms with van der Waals surface area (Å²) in [5, 5.41) is 2.19. The van der Waals surface area contributed by atoms with Crippen molar-refractivity contribution in [1.29, 1.82) is 0 Å². The molecule has 2 aromatic carbocycles. The molecule has 0 spiro atoms. The normalized spacial score (nSPS) is 26.9. The number of halogens is 1. The van der Waals surface area contributed by atoms with E-state index in [-0.39, 0.29) is 41.4 Å². The van der Waals surface area contributed by atoms with Crippen molar-refractivity contribution in [2.45, 2.75) is 42.8 Å². The average molecular weight is 532 g/mol. The van der Waals surface area contributed by atoms with E-state index in [1.165, 1.54) is 10.4 Å².